The van der Waals surface area contributed by atoms with Crippen molar-refractivity contribution in [3.05, 3.63) is 24.4 Å². The van der Waals surface area contributed by atoms with Crippen LogP contribution in [0.4, 0.5) is 10.6 Å². The number of nitrogens with one attached hydrogen (secondary N) is 3. The fourth-order valence-corrected chi connectivity index (χ4v) is 3.72. The van der Waals surface area contributed by atoms with Crippen LogP contribution in [0.2, 0.25) is 0 Å². The molecule has 1 aromatic rings. The third-order valence-corrected chi connectivity index (χ3v) is 5.40. The molecule has 3 rings (SSSR count). The summed E-state index contributed by atoms with van der Waals surface area (Å²) in [5.74, 6) is 1.04. The van der Waals surface area contributed by atoms with Gasteiger partial charge in [0.15, 0.2) is 0 Å². The van der Waals surface area contributed by atoms with Crippen LogP contribution < -0.4 is 20.9 Å². The smallest absolute Gasteiger partial charge is 0.314 e. The molecule has 8 heteroatoms. The molecule has 3 heterocycles. The summed E-state index contributed by atoms with van der Waals surface area (Å²) in [6.07, 6.45) is 6.90. The van der Waals surface area contributed by atoms with E-state index in [0.717, 1.165) is 31.9 Å². The van der Waals surface area contributed by atoms with Crippen molar-refractivity contribution in [1.29, 1.82) is 0 Å². The number of pyridine rings is 1. The first kappa shape index (κ1) is 20.4. The van der Waals surface area contributed by atoms with E-state index in [-0.39, 0.29) is 11.9 Å². The average molecular weight is 389 g/mol. The molecule has 0 radical (unpaired) electrons. The largest absolute Gasteiger partial charge is 0.353 e. The molecule has 2 saturated heterocycles. The molecule has 0 aliphatic carbocycles. The summed E-state index contributed by atoms with van der Waals surface area (Å²) in [6, 6.07) is 6.02. The number of amides is 3. The van der Waals surface area contributed by atoms with Gasteiger partial charge in [0, 0.05) is 57.9 Å². The topological polar surface area (TPSA) is 89.6 Å². The Morgan fingerprint density at radius 1 is 1.11 bits per heavy atom. The Morgan fingerprint density at radius 3 is 2.75 bits per heavy atom. The van der Waals surface area contributed by atoms with E-state index in [1.807, 2.05) is 23.1 Å². The number of hydrogen-bond donors (Lipinski definition) is 3. The second-order valence-electron chi connectivity index (χ2n) is 7.44. The van der Waals surface area contributed by atoms with Crippen LogP contribution in [0, 0.1) is 0 Å². The lowest BCUT2D eigenvalue weighted by molar-refractivity contribution is -0.131. The van der Waals surface area contributed by atoms with Crippen LogP contribution in [0.3, 0.4) is 0 Å². The molecule has 28 heavy (non-hydrogen) atoms. The number of urea groups is 1. The Balaban J connectivity index is 1.28. The predicted molar refractivity (Wildman–Crippen MR) is 109 cm³/mol. The number of piperazine rings is 1. The molecule has 2 fully saturated rings. The van der Waals surface area contributed by atoms with Crippen LogP contribution in [0.25, 0.3) is 0 Å². The maximum atomic E-state index is 12.4. The van der Waals surface area contributed by atoms with Crippen LogP contribution in [0.5, 0.6) is 0 Å². The number of rotatable bonds is 6. The number of carbonyl (C=O) groups excluding carboxylic acids is 2. The number of hydrogen-bond acceptors (Lipinski definition) is 5. The number of anilines is 1. The fraction of sp³-hybridized carbons (Fsp3) is 0.650. The van der Waals surface area contributed by atoms with Crippen molar-refractivity contribution in [3.63, 3.8) is 0 Å². The molecule has 3 amide bonds. The average Bonchev–Trinajstić information content (AvgIpc) is 3.02. The first-order valence-corrected chi connectivity index (χ1v) is 10.4. The molecule has 0 aromatic carbocycles. The summed E-state index contributed by atoms with van der Waals surface area (Å²) in [4.78, 5) is 32.7. The van der Waals surface area contributed by atoms with Gasteiger partial charge in [-0.2, -0.15) is 0 Å². The number of aromatic nitrogens is 1. The minimum Gasteiger partial charge on any atom is -0.353 e. The monoisotopic (exact) mass is 388 g/mol. The number of nitrogens with zero attached hydrogens (tertiary/aromatic N) is 3. The highest BCUT2D eigenvalue weighted by atomic mass is 16.2. The highest BCUT2D eigenvalue weighted by Gasteiger charge is 2.21. The van der Waals surface area contributed by atoms with E-state index in [9.17, 15) is 9.59 Å². The van der Waals surface area contributed by atoms with Gasteiger partial charge in [0.1, 0.15) is 5.82 Å². The van der Waals surface area contributed by atoms with Crippen LogP contribution in [-0.2, 0) is 4.79 Å². The van der Waals surface area contributed by atoms with E-state index in [1.54, 1.807) is 6.20 Å². The van der Waals surface area contributed by atoms with Crippen molar-refractivity contribution >= 4 is 17.8 Å². The summed E-state index contributed by atoms with van der Waals surface area (Å²) in [5.41, 5.74) is 0. The zero-order valence-corrected chi connectivity index (χ0v) is 16.5. The molecule has 154 valence electrons. The van der Waals surface area contributed by atoms with Gasteiger partial charge in [-0.15, -0.1) is 0 Å². The second-order valence-corrected chi connectivity index (χ2v) is 7.44. The Morgan fingerprint density at radius 2 is 1.96 bits per heavy atom. The van der Waals surface area contributed by atoms with Gasteiger partial charge in [0.05, 0.1) is 0 Å². The molecule has 0 saturated carbocycles. The van der Waals surface area contributed by atoms with E-state index in [2.05, 4.69) is 25.8 Å². The zero-order chi connectivity index (χ0) is 19.6. The molecular weight excluding hydrogens is 356 g/mol. The van der Waals surface area contributed by atoms with E-state index in [0.29, 0.717) is 38.6 Å². The lowest BCUT2D eigenvalue weighted by Gasteiger charge is -2.35. The van der Waals surface area contributed by atoms with Crippen molar-refractivity contribution in [1.82, 2.24) is 25.8 Å². The van der Waals surface area contributed by atoms with Gasteiger partial charge in [0.25, 0.3) is 0 Å². The van der Waals surface area contributed by atoms with Gasteiger partial charge in [-0.25, -0.2) is 9.78 Å². The summed E-state index contributed by atoms with van der Waals surface area (Å²) in [6.45, 7) is 4.97. The maximum Gasteiger partial charge on any atom is 0.314 e. The minimum atomic E-state index is -0.196. The maximum absolute atomic E-state index is 12.4. The number of carbonyl (C=O) groups is 2. The minimum absolute atomic E-state index is 0.0893. The molecule has 2 aliphatic heterocycles. The second kappa shape index (κ2) is 10.8. The Hall–Kier alpha value is -2.35. The van der Waals surface area contributed by atoms with Gasteiger partial charge < -0.3 is 25.8 Å². The molecule has 1 unspecified atom stereocenters. The summed E-state index contributed by atoms with van der Waals surface area (Å²) < 4.78 is 0. The zero-order valence-electron chi connectivity index (χ0n) is 16.5. The lowest BCUT2D eigenvalue weighted by atomic mass is 10.1. The van der Waals surface area contributed by atoms with E-state index in [1.165, 1.54) is 19.3 Å². The first-order valence-electron chi connectivity index (χ1n) is 10.4. The molecule has 1 aromatic heterocycles. The highest BCUT2D eigenvalue weighted by Crippen LogP contribution is 2.13. The summed E-state index contributed by atoms with van der Waals surface area (Å²) >= 11 is 0. The van der Waals surface area contributed by atoms with Crippen molar-refractivity contribution in [2.75, 3.05) is 50.7 Å². The van der Waals surface area contributed by atoms with Gasteiger partial charge in [0.2, 0.25) is 5.91 Å². The van der Waals surface area contributed by atoms with Gasteiger partial charge in [-0.05, 0) is 31.5 Å². The van der Waals surface area contributed by atoms with Gasteiger partial charge in [-0.1, -0.05) is 18.9 Å². The normalized spacial score (nSPS) is 20.4. The Kier molecular flexibility index (Phi) is 7.90. The quantitative estimate of drug-likeness (QED) is 0.675. The van der Waals surface area contributed by atoms with E-state index < -0.39 is 0 Å². The molecular formula is C20H32N6O2. The summed E-state index contributed by atoms with van der Waals surface area (Å²) in [7, 11) is 0. The SMILES string of the molecule is O=C(NCCC(=O)N1CCN(c2ccccn2)CC1)NCC1CCCCCN1. The third-order valence-electron chi connectivity index (χ3n) is 5.40. The van der Waals surface area contributed by atoms with Crippen LogP contribution >= 0.6 is 0 Å². The van der Waals surface area contributed by atoms with Crippen molar-refractivity contribution in [2.24, 2.45) is 0 Å². The van der Waals surface area contributed by atoms with Crippen LogP contribution in [0.15, 0.2) is 24.4 Å². The molecule has 1 atom stereocenters. The predicted octanol–water partition coefficient (Wildman–Crippen LogP) is 0.952. The molecule has 2 aliphatic rings. The van der Waals surface area contributed by atoms with E-state index in [4.69, 9.17) is 0 Å². The summed E-state index contributed by atoms with van der Waals surface area (Å²) in [5, 5.41) is 9.16. The third kappa shape index (κ3) is 6.37. The Bertz CT molecular complexity index is 610. The van der Waals surface area contributed by atoms with Gasteiger partial charge >= 0.3 is 6.03 Å². The molecule has 3 N–H and O–H groups in total. The first-order chi connectivity index (χ1) is 13.7. The van der Waals surface area contributed by atoms with Crippen LogP contribution in [-0.4, -0.2) is 73.7 Å². The highest BCUT2D eigenvalue weighted by molar-refractivity contribution is 5.78. The fourth-order valence-electron chi connectivity index (χ4n) is 3.72. The Labute approximate surface area is 167 Å². The van der Waals surface area contributed by atoms with Gasteiger partial charge in [-0.3, -0.25) is 4.79 Å². The van der Waals surface area contributed by atoms with Crippen molar-refractivity contribution < 1.29 is 9.59 Å². The van der Waals surface area contributed by atoms with Crippen LogP contribution in [0.1, 0.15) is 32.1 Å². The molecule has 8 nitrogen and oxygen atoms in total. The van der Waals surface area contributed by atoms with Crippen molar-refractivity contribution in [2.45, 2.75) is 38.1 Å². The van der Waals surface area contributed by atoms with E-state index >= 15 is 0 Å². The molecule has 0 bridgehead atoms. The molecule has 0 spiro atoms. The standard InChI is InChI=1S/C20H32N6O2/c27-19(26-14-12-25(13-15-26)18-7-3-5-10-22-18)8-11-23-20(28)24-16-17-6-2-1-4-9-21-17/h3,5,7,10,17,21H,1-2,4,6,8-9,11-16H2,(H2,23,24,28). The lowest BCUT2D eigenvalue weighted by Crippen LogP contribution is -2.50. The van der Waals surface area contributed by atoms with Crippen molar-refractivity contribution in [3.8, 4) is 0 Å².